The molecule has 3 nitrogen and oxygen atoms in total. The van der Waals surface area contributed by atoms with Gasteiger partial charge in [0.1, 0.15) is 12.4 Å². The van der Waals surface area contributed by atoms with Gasteiger partial charge in [0, 0.05) is 19.6 Å². The standard InChI is InChI=1S/C16H24N2O/c1-3-14-5-6-16(13-15(14)4-1)19-12-11-18-9-2-7-17-8-10-18/h5-6,13,17H,1-4,7-12H2. The Labute approximate surface area is 115 Å². The largest absolute Gasteiger partial charge is 0.492 e. The number of rotatable bonds is 4. The van der Waals surface area contributed by atoms with Crippen LogP contribution in [0.15, 0.2) is 18.2 Å². The Kier molecular flexibility index (Phi) is 4.36. The van der Waals surface area contributed by atoms with Crippen molar-refractivity contribution in [1.29, 1.82) is 0 Å². The van der Waals surface area contributed by atoms with Crippen LogP contribution < -0.4 is 10.1 Å². The molecule has 1 fully saturated rings. The zero-order valence-corrected chi connectivity index (χ0v) is 11.7. The zero-order chi connectivity index (χ0) is 12.9. The van der Waals surface area contributed by atoms with Crippen molar-refractivity contribution in [3.8, 4) is 5.75 Å². The summed E-state index contributed by atoms with van der Waals surface area (Å²) in [5.41, 5.74) is 3.02. The second-order valence-corrected chi connectivity index (χ2v) is 5.58. The summed E-state index contributed by atoms with van der Waals surface area (Å²) in [6.07, 6.45) is 5.03. The number of benzene rings is 1. The number of ether oxygens (including phenoxy) is 1. The Hall–Kier alpha value is -1.06. The van der Waals surface area contributed by atoms with E-state index < -0.39 is 0 Å². The fourth-order valence-corrected chi connectivity index (χ4v) is 3.06. The molecule has 104 valence electrons. The minimum absolute atomic E-state index is 0.804. The third kappa shape index (κ3) is 3.48. The lowest BCUT2D eigenvalue weighted by atomic mass is 10.1. The van der Waals surface area contributed by atoms with Gasteiger partial charge in [-0.2, -0.15) is 0 Å². The molecule has 3 rings (SSSR count). The number of nitrogens with one attached hydrogen (secondary N) is 1. The molecule has 0 unspecified atom stereocenters. The molecule has 0 spiro atoms. The predicted octanol–water partition coefficient (Wildman–Crippen LogP) is 1.85. The summed E-state index contributed by atoms with van der Waals surface area (Å²) < 4.78 is 5.91. The number of hydrogen-bond acceptors (Lipinski definition) is 3. The van der Waals surface area contributed by atoms with Gasteiger partial charge in [-0.25, -0.2) is 0 Å². The van der Waals surface area contributed by atoms with Gasteiger partial charge in [0.15, 0.2) is 0 Å². The third-order valence-corrected chi connectivity index (χ3v) is 4.18. The molecule has 0 bridgehead atoms. The first-order chi connectivity index (χ1) is 9.42. The lowest BCUT2D eigenvalue weighted by Gasteiger charge is -2.19. The molecular weight excluding hydrogens is 236 g/mol. The Morgan fingerprint density at radius 2 is 2.00 bits per heavy atom. The first kappa shape index (κ1) is 12.9. The summed E-state index contributed by atoms with van der Waals surface area (Å²) >= 11 is 0. The van der Waals surface area contributed by atoms with E-state index in [9.17, 15) is 0 Å². The molecule has 0 amide bonds. The molecule has 1 aliphatic carbocycles. The van der Waals surface area contributed by atoms with Gasteiger partial charge in [-0.15, -0.1) is 0 Å². The number of hydrogen-bond donors (Lipinski definition) is 1. The molecule has 1 saturated heterocycles. The highest BCUT2D eigenvalue weighted by Gasteiger charge is 2.12. The van der Waals surface area contributed by atoms with E-state index in [-0.39, 0.29) is 0 Å². The van der Waals surface area contributed by atoms with Gasteiger partial charge < -0.3 is 10.1 Å². The molecule has 19 heavy (non-hydrogen) atoms. The molecule has 0 atom stereocenters. The molecule has 1 N–H and O–H groups in total. The molecule has 1 heterocycles. The van der Waals surface area contributed by atoms with Gasteiger partial charge in [-0.3, -0.25) is 4.90 Å². The zero-order valence-electron chi connectivity index (χ0n) is 11.7. The molecule has 0 aromatic heterocycles. The molecule has 1 aliphatic heterocycles. The Balaban J connectivity index is 1.46. The van der Waals surface area contributed by atoms with E-state index >= 15 is 0 Å². The van der Waals surface area contributed by atoms with Crippen molar-refractivity contribution in [2.45, 2.75) is 25.7 Å². The SMILES string of the molecule is c1cc2c(cc1OCCN1CCCNCC1)CCC2. The molecule has 0 saturated carbocycles. The molecular formula is C16H24N2O. The molecule has 3 heteroatoms. The average Bonchev–Trinajstić information content (AvgIpc) is 2.74. The van der Waals surface area contributed by atoms with Crippen molar-refractivity contribution in [1.82, 2.24) is 10.2 Å². The normalized spacial score (nSPS) is 20.0. The summed E-state index contributed by atoms with van der Waals surface area (Å²) in [6, 6.07) is 6.62. The molecule has 0 radical (unpaired) electrons. The van der Waals surface area contributed by atoms with Crippen LogP contribution in [-0.2, 0) is 12.8 Å². The van der Waals surface area contributed by atoms with E-state index in [0.29, 0.717) is 0 Å². The average molecular weight is 260 g/mol. The highest BCUT2D eigenvalue weighted by Crippen LogP contribution is 2.25. The maximum Gasteiger partial charge on any atom is 0.119 e. The van der Waals surface area contributed by atoms with Gasteiger partial charge in [0.2, 0.25) is 0 Å². The van der Waals surface area contributed by atoms with E-state index in [1.807, 2.05) is 0 Å². The topological polar surface area (TPSA) is 24.5 Å². The third-order valence-electron chi connectivity index (χ3n) is 4.18. The minimum atomic E-state index is 0.804. The number of aryl methyl sites for hydroxylation is 2. The van der Waals surface area contributed by atoms with Crippen LogP contribution in [-0.4, -0.2) is 44.2 Å². The van der Waals surface area contributed by atoms with Crippen LogP contribution in [0, 0.1) is 0 Å². The van der Waals surface area contributed by atoms with Crippen LogP contribution in [0.5, 0.6) is 5.75 Å². The fourth-order valence-electron chi connectivity index (χ4n) is 3.06. The van der Waals surface area contributed by atoms with Crippen LogP contribution in [0.2, 0.25) is 0 Å². The van der Waals surface area contributed by atoms with E-state index in [0.717, 1.165) is 38.5 Å². The molecule has 1 aromatic rings. The summed E-state index contributed by atoms with van der Waals surface area (Å²) in [6.45, 7) is 6.45. The van der Waals surface area contributed by atoms with Crippen molar-refractivity contribution >= 4 is 0 Å². The minimum Gasteiger partial charge on any atom is -0.492 e. The number of fused-ring (bicyclic) bond motifs is 1. The summed E-state index contributed by atoms with van der Waals surface area (Å²) in [7, 11) is 0. The van der Waals surface area contributed by atoms with Gasteiger partial charge in [0.05, 0.1) is 0 Å². The summed E-state index contributed by atoms with van der Waals surface area (Å²) in [4.78, 5) is 2.49. The van der Waals surface area contributed by atoms with E-state index in [1.54, 1.807) is 0 Å². The summed E-state index contributed by atoms with van der Waals surface area (Å²) in [5, 5.41) is 3.43. The lowest BCUT2D eigenvalue weighted by molar-refractivity contribution is 0.217. The van der Waals surface area contributed by atoms with Crippen molar-refractivity contribution in [2.24, 2.45) is 0 Å². The summed E-state index contributed by atoms with van der Waals surface area (Å²) in [5.74, 6) is 1.05. The van der Waals surface area contributed by atoms with Crippen molar-refractivity contribution in [3.05, 3.63) is 29.3 Å². The maximum atomic E-state index is 5.91. The van der Waals surface area contributed by atoms with Crippen molar-refractivity contribution in [3.63, 3.8) is 0 Å². The quantitative estimate of drug-likeness (QED) is 0.894. The molecule has 2 aliphatic rings. The Morgan fingerprint density at radius 3 is 3.00 bits per heavy atom. The van der Waals surface area contributed by atoms with Crippen molar-refractivity contribution < 1.29 is 4.74 Å². The first-order valence-corrected chi connectivity index (χ1v) is 7.59. The van der Waals surface area contributed by atoms with Crippen LogP contribution in [0.3, 0.4) is 0 Å². The lowest BCUT2D eigenvalue weighted by Crippen LogP contribution is -2.31. The van der Waals surface area contributed by atoms with E-state index in [1.165, 1.54) is 43.4 Å². The van der Waals surface area contributed by atoms with Crippen LogP contribution in [0.25, 0.3) is 0 Å². The van der Waals surface area contributed by atoms with Gasteiger partial charge >= 0.3 is 0 Å². The van der Waals surface area contributed by atoms with E-state index in [4.69, 9.17) is 4.74 Å². The highest BCUT2D eigenvalue weighted by atomic mass is 16.5. The predicted molar refractivity (Wildman–Crippen MR) is 77.9 cm³/mol. The van der Waals surface area contributed by atoms with E-state index in [2.05, 4.69) is 28.4 Å². The number of nitrogens with zero attached hydrogens (tertiary/aromatic N) is 1. The Bertz CT molecular complexity index is 411. The fraction of sp³-hybridized carbons (Fsp3) is 0.625. The van der Waals surface area contributed by atoms with Crippen LogP contribution in [0.4, 0.5) is 0 Å². The smallest absolute Gasteiger partial charge is 0.119 e. The Morgan fingerprint density at radius 1 is 1.05 bits per heavy atom. The maximum absolute atomic E-state index is 5.91. The first-order valence-electron chi connectivity index (χ1n) is 7.59. The second kappa shape index (κ2) is 6.40. The highest BCUT2D eigenvalue weighted by molar-refractivity contribution is 5.38. The van der Waals surface area contributed by atoms with Crippen molar-refractivity contribution in [2.75, 3.05) is 39.3 Å². The van der Waals surface area contributed by atoms with Gasteiger partial charge in [0.25, 0.3) is 0 Å². The monoisotopic (exact) mass is 260 g/mol. The van der Waals surface area contributed by atoms with Gasteiger partial charge in [-0.1, -0.05) is 6.07 Å². The molecule has 1 aromatic carbocycles. The van der Waals surface area contributed by atoms with Gasteiger partial charge in [-0.05, 0) is 62.0 Å². The second-order valence-electron chi connectivity index (χ2n) is 5.58. The van der Waals surface area contributed by atoms with Crippen LogP contribution >= 0.6 is 0 Å². The van der Waals surface area contributed by atoms with Crippen LogP contribution in [0.1, 0.15) is 24.0 Å².